The number of carbonyl (C=O) groups is 1. The van der Waals surface area contributed by atoms with Gasteiger partial charge >= 0.3 is 0 Å². The number of aromatic hydroxyl groups is 1. The van der Waals surface area contributed by atoms with Gasteiger partial charge in [0.2, 0.25) is 5.91 Å². The molecule has 0 radical (unpaired) electrons. The minimum absolute atomic E-state index is 0.0165. The summed E-state index contributed by atoms with van der Waals surface area (Å²) < 4.78 is 0. The number of phenols is 1. The number of nitrogens with one attached hydrogen (secondary N) is 1. The van der Waals surface area contributed by atoms with E-state index in [0.717, 1.165) is 10.5 Å². The molecule has 2 aromatic carbocycles. The normalized spacial score (nSPS) is 10.1. The first-order valence-electron chi connectivity index (χ1n) is 5.96. The van der Waals surface area contributed by atoms with Crippen molar-refractivity contribution in [3.63, 3.8) is 0 Å². The first-order valence-corrected chi connectivity index (χ1v) is 6.95. The third kappa shape index (κ3) is 4.67. The topological polar surface area (TPSA) is 49.3 Å². The molecule has 0 saturated carbocycles. The van der Waals surface area contributed by atoms with Crippen molar-refractivity contribution in [2.24, 2.45) is 0 Å². The maximum Gasteiger partial charge on any atom is 0.230 e. The molecule has 0 aliphatic carbocycles. The summed E-state index contributed by atoms with van der Waals surface area (Å²) in [6.45, 7) is 0.433. The monoisotopic (exact) mass is 273 g/mol. The van der Waals surface area contributed by atoms with Crippen molar-refractivity contribution in [1.29, 1.82) is 0 Å². The summed E-state index contributed by atoms with van der Waals surface area (Å²) in [6.07, 6.45) is 0. The molecule has 0 fully saturated rings. The highest BCUT2D eigenvalue weighted by Crippen LogP contribution is 2.16. The minimum atomic E-state index is -0.0165. The fraction of sp³-hybridized carbons (Fsp3) is 0.133. The molecule has 0 saturated heterocycles. The second kappa shape index (κ2) is 6.85. The number of rotatable bonds is 5. The van der Waals surface area contributed by atoms with Crippen LogP contribution in [-0.4, -0.2) is 16.8 Å². The van der Waals surface area contributed by atoms with Gasteiger partial charge in [-0.25, -0.2) is 0 Å². The van der Waals surface area contributed by atoms with Crippen LogP contribution in [0.2, 0.25) is 0 Å². The number of hydrogen-bond donors (Lipinski definition) is 2. The SMILES string of the molecule is O=C(CSc1ccccc1)NCc1cccc(O)c1. The maximum atomic E-state index is 11.7. The Morgan fingerprint density at radius 3 is 2.63 bits per heavy atom. The second-order valence-corrected chi connectivity index (χ2v) is 5.10. The standard InChI is InChI=1S/C15H15NO2S/c17-13-6-4-5-12(9-13)10-16-15(18)11-19-14-7-2-1-3-8-14/h1-9,17H,10-11H2,(H,16,18). The van der Waals surface area contributed by atoms with Crippen LogP contribution in [0, 0.1) is 0 Å². The first kappa shape index (κ1) is 13.5. The second-order valence-electron chi connectivity index (χ2n) is 4.05. The molecule has 2 N–H and O–H groups in total. The highest BCUT2D eigenvalue weighted by molar-refractivity contribution is 8.00. The third-order valence-corrected chi connectivity index (χ3v) is 3.53. The van der Waals surface area contributed by atoms with Gasteiger partial charge in [-0.05, 0) is 29.8 Å². The van der Waals surface area contributed by atoms with Gasteiger partial charge in [0.1, 0.15) is 5.75 Å². The average Bonchev–Trinajstić information content (AvgIpc) is 2.44. The van der Waals surface area contributed by atoms with Gasteiger partial charge in [0, 0.05) is 11.4 Å². The Morgan fingerprint density at radius 2 is 1.89 bits per heavy atom. The summed E-state index contributed by atoms with van der Waals surface area (Å²) in [5, 5.41) is 12.1. The summed E-state index contributed by atoms with van der Waals surface area (Å²) in [5.41, 5.74) is 0.887. The molecule has 3 nitrogen and oxygen atoms in total. The number of benzene rings is 2. The summed E-state index contributed by atoms with van der Waals surface area (Å²) in [5.74, 6) is 0.589. The highest BCUT2D eigenvalue weighted by atomic mass is 32.2. The lowest BCUT2D eigenvalue weighted by Gasteiger charge is -2.05. The van der Waals surface area contributed by atoms with E-state index in [4.69, 9.17) is 0 Å². The Bertz CT molecular complexity index is 543. The predicted octanol–water partition coefficient (Wildman–Crippen LogP) is 2.80. The Morgan fingerprint density at radius 1 is 1.11 bits per heavy atom. The molecule has 4 heteroatoms. The lowest BCUT2D eigenvalue weighted by molar-refractivity contribution is -0.118. The van der Waals surface area contributed by atoms with Gasteiger partial charge in [0.25, 0.3) is 0 Å². The Balaban J connectivity index is 1.76. The van der Waals surface area contributed by atoms with Crippen molar-refractivity contribution in [1.82, 2.24) is 5.32 Å². The van der Waals surface area contributed by atoms with E-state index in [-0.39, 0.29) is 11.7 Å². The van der Waals surface area contributed by atoms with Crippen molar-refractivity contribution >= 4 is 17.7 Å². The van der Waals surface area contributed by atoms with E-state index in [0.29, 0.717) is 12.3 Å². The van der Waals surface area contributed by atoms with E-state index in [1.165, 1.54) is 11.8 Å². The summed E-state index contributed by atoms with van der Waals surface area (Å²) in [7, 11) is 0. The van der Waals surface area contributed by atoms with Gasteiger partial charge in [-0.3, -0.25) is 4.79 Å². The van der Waals surface area contributed by atoms with Crippen LogP contribution in [-0.2, 0) is 11.3 Å². The van der Waals surface area contributed by atoms with E-state index in [1.54, 1.807) is 18.2 Å². The van der Waals surface area contributed by atoms with Gasteiger partial charge in [0.15, 0.2) is 0 Å². The Hall–Kier alpha value is -1.94. The van der Waals surface area contributed by atoms with Crippen LogP contribution in [0.3, 0.4) is 0 Å². The predicted molar refractivity (Wildman–Crippen MR) is 77.1 cm³/mol. The Labute approximate surface area is 116 Å². The lowest BCUT2D eigenvalue weighted by atomic mass is 10.2. The van der Waals surface area contributed by atoms with Crippen LogP contribution in [0.25, 0.3) is 0 Å². The van der Waals surface area contributed by atoms with Gasteiger partial charge in [-0.2, -0.15) is 0 Å². The van der Waals surface area contributed by atoms with Gasteiger partial charge < -0.3 is 10.4 Å². The molecule has 2 rings (SSSR count). The van der Waals surface area contributed by atoms with Gasteiger partial charge in [0.05, 0.1) is 5.75 Å². The zero-order valence-corrected chi connectivity index (χ0v) is 11.2. The van der Waals surface area contributed by atoms with Crippen molar-refractivity contribution in [2.45, 2.75) is 11.4 Å². The van der Waals surface area contributed by atoms with Crippen molar-refractivity contribution in [3.05, 3.63) is 60.2 Å². The summed E-state index contributed by atoms with van der Waals surface area (Å²) in [6, 6.07) is 16.7. The summed E-state index contributed by atoms with van der Waals surface area (Å²) in [4.78, 5) is 12.8. The van der Waals surface area contributed by atoms with Crippen molar-refractivity contribution in [3.8, 4) is 5.75 Å². The van der Waals surface area contributed by atoms with Crippen LogP contribution in [0.15, 0.2) is 59.5 Å². The molecule has 2 aromatic rings. The molecule has 0 aliphatic heterocycles. The molecular weight excluding hydrogens is 258 g/mol. The number of amides is 1. The molecule has 98 valence electrons. The van der Waals surface area contributed by atoms with E-state index in [1.807, 2.05) is 36.4 Å². The van der Waals surface area contributed by atoms with Crippen LogP contribution < -0.4 is 5.32 Å². The molecule has 0 heterocycles. The quantitative estimate of drug-likeness (QED) is 0.824. The fourth-order valence-corrected chi connectivity index (χ4v) is 2.33. The lowest BCUT2D eigenvalue weighted by Crippen LogP contribution is -2.24. The fourth-order valence-electron chi connectivity index (χ4n) is 1.58. The summed E-state index contributed by atoms with van der Waals surface area (Å²) >= 11 is 1.51. The zero-order valence-electron chi connectivity index (χ0n) is 10.4. The van der Waals surface area contributed by atoms with Gasteiger partial charge in [-0.1, -0.05) is 30.3 Å². The molecule has 0 aliphatic rings. The van der Waals surface area contributed by atoms with Crippen LogP contribution in [0.5, 0.6) is 5.75 Å². The number of phenolic OH excluding ortho intramolecular Hbond substituents is 1. The molecule has 0 unspecified atom stereocenters. The average molecular weight is 273 g/mol. The largest absolute Gasteiger partial charge is 0.508 e. The highest BCUT2D eigenvalue weighted by Gasteiger charge is 2.03. The molecule has 0 bridgehead atoms. The van der Waals surface area contributed by atoms with Crippen molar-refractivity contribution < 1.29 is 9.90 Å². The maximum absolute atomic E-state index is 11.7. The van der Waals surface area contributed by atoms with Crippen LogP contribution in [0.4, 0.5) is 0 Å². The van der Waals surface area contributed by atoms with Crippen molar-refractivity contribution in [2.75, 3.05) is 5.75 Å². The van der Waals surface area contributed by atoms with Crippen LogP contribution >= 0.6 is 11.8 Å². The number of thioether (sulfide) groups is 1. The molecule has 1 amide bonds. The molecule has 0 aromatic heterocycles. The molecular formula is C15H15NO2S. The van der Waals surface area contributed by atoms with E-state index >= 15 is 0 Å². The van der Waals surface area contributed by atoms with Crippen LogP contribution in [0.1, 0.15) is 5.56 Å². The number of hydrogen-bond acceptors (Lipinski definition) is 3. The smallest absolute Gasteiger partial charge is 0.230 e. The van der Waals surface area contributed by atoms with Gasteiger partial charge in [-0.15, -0.1) is 11.8 Å². The molecule has 0 atom stereocenters. The first-order chi connectivity index (χ1) is 9.24. The molecule has 0 spiro atoms. The number of carbonyl (C=O) groups excluding carboxylic acids is 1. The van der Waals surface area contributed by atoms with E-state index in [2.05, 4.69) is 5.32 Å². The molecule has 19 heavy (non-hydrogen) atoms. The van der Waals surface area contributed by atoms with E-state index < -0.39 is 0 Å². The third-order valence-electron chi connectivity index (χ3n) is 2.51. The Kier molecular flexibility index (Phi) is 4.86. The van der Waals surface area contributed by atoms with E-state index in [9.17, 15) is 9.90 Å². The zero-order chi connectivity index (χ0) is 13.5. The minimum Gasteiger partial charge on any atom is -0.508 e.